The molecule has 3 N–H and O–H groups in total. The van der Waals surface area contributed by atoms with Crippen molar-refractivity contribution in [3.05, 3.63) is 16.9 Å². The van der Waals surface area contributed by atoms with Crippen molar-refractivity contribution < 1.29 is 28.3 Å². The van der Waals surface area contributed by atoms with Gasteiger partial charge in [-0.3, -0.25) is 10.1 Å². The van der Waals surface area contributed by atoms with Gasteiger partial charge in [-0.25, -0.2) is 9.59 Å². The molecule has 1 rings (SSSR count). The van der Waals surface area contributed by atoms with Crippen LogP contribution >= 0.6 is 0 Å². The fourth-order valence-electron chi connectivity index (χ4n) is 1.58. The molecule has 20 heavy (non-hydrogen) atoms. The molecule has 0 radical (unpaired) electrons. The molecule has 2 amide bonds. The largest absolute Gasteiger partial charge is 0.462 e. The van der Waals surface area contributed by atoms with E-state index < -0.39 is 18.0 Å². The van der Waals surface area contributed by atoms with E-state index in [2.05, 4.69) is 10.1 Å². The third-order valence-corrected chi connectivity index (χ3v) is 2.30. The zero-order valence-corrected chi connectivity index (χ0v) is 11.4. The Morgan fingerprint density at radius 3 is 2.25 bits per heavy atom. The Morgan fingerprint density at radius 1 is 1.15 bits per heavy atom. The van der Waals surface area contributed by atoms with Crippen LogP contribution < -0.4 is 11.1 Å². The molecule has 0 aromatic carbocycles. The van der Waals surface area contributed by atoms with Gasteiger partial charge in [-0.1, -0.05) is 0 Å². The third kappa shape index (κ3) is 3.28. The monoisotopic (exact) mass is 284 g/mol. The number of hydrogen-bond acceptors (Lipinski definition) is 6. The van der Waals surface area contributed by atoms with Crippen molar-refractivity contribution in [1.29, 1.82) is 0 Å². The average molecular weight is 284 g/mol. The Morgan fingerprint density at radius 2 is 1.75 bits per heavy atom. The topological polar surface area (TPSA) is 121 Å². The zero-order valence-electron chi connectivity index (χ0n) is 11.4. The van der Waals surface area contributed by atoms with Crippen LogP contribution in [0.4, 0.5) is 10.7 Å². The lowest BCUT2D eigenvalue weighted by atomic mass is 10.1. The van der Waals surface area contributed by atoms with Crippen LogP contribution in [0.25, 0.3) is 0 Å². The van der Waals surface area contributed by atoms with Gasteiger partial charge in [0.25, 0.3) is 5.91 Å². The summed E-state index contributed by atoms with van der Waals surface area (Å²) in [6.45, 7) is 4.96. The van der Waals surface area contributed by atoms with E-state index in [9.17, 15) is 14.4 Å². The van der Waals surface area contributed by atoms with Gasteiger partial charge in [-0.15, -0.1) is 0 Å². The summed E-state index contributed by atoms with van der Waals surface area (Å²) in [6.07, 6.45) is -0.820. The maximum absolute atomic E-state index is 11.8. The van der Waals surface area contributed by atoms with Gasteiger partial charge in [0.2, 0.25) is 5.88 Å². The number of ether oxygens (including phenoxy) is 2. The summed E-state index contributed by atoms with van der Waals surface area (Å²) in [4.78, 5) is 34.6. The van der Waals surface area contributed by atoms with Crippen molar-refractivity contribution in [1.82, 2.24) is 0 Å². The molecule has 1 aromatic rings. The van der Waals surface area contributed by atoms with Gasteiger partial charge in [-0.05, 0) is 20.8 Å². The summed E-state index contributed by atoms with van der Waals surface area (Å²) < 4.78 is 14.7. The number of esters is 1. The highest BCUT2D eigenvalue weighted by Gasteiger charge is 2.29. The van der Waals surface area contributed by atoms with E-state index >= 15 is 0 Å². The number of amides is 2. The highest BCUT2D eigenvalue weighted by Crippen LogP contribution is 2.27. The number of carbonyl (C=O) groups excluding carboxylic acids is 3. The minimum atomic E-state index is -0.920. The van der Waals surface area contributed by atoms with Crippen LogP contribution in [-0.2, 0) is 9.47 Å². The van der Waals surface area contributed by atoms with Gasteiger partial charge in [0.05, 0.1) is 13.2 Å². The number of hydrogen-bond donors (Lipinski definition) is 2. The first-order valence-electron chi connectivity index (χ1n) is 5.96. The zero-order chi connectivity index (χ0) is 15.3. The van der Waals surface area contributed by atoms with Gasteiger partial charge in [0.1, 0.15) is 16.9 Å². The minimum absolute atomic E-state index is 0.105. The number of furan rings is 1. The molecule has 0 fully saturated rings. The van der Waals surface area contributed by atoms with Crippen LogP contribution in [0.5, 0.6) is 0 Å². The Balaban J connectivity index is 3.20. The second-order valence-corrected chi connectivity index (χ2v) is 3.67. The fourth-order valence-corrected chi connectivity index (χ4v) is 1.58. The van der Waals surface area contributed by atoms with E-state index in [1.807, 2.05) is 0 Å². The second kappa shape index (κ2) is 6.60. The number of nitrogens with one attached hydrogen (secondary N) is 1. The molecule has 0 unspecified atom stereocenters. The summed E-state index contributed by atoms with van der Waals surface area (Å²) >= 11 is 0. The van der Waals surface area contributed by atoms with E-state index in [-0.39, 0.29) is 36.0 Å². The lowest BCUT2D eigenvalue weighted by Crippen LogP contribution is -2.20. The summed E-state index contributed by atoms with van der Waals surface area (Å²) in [5, 5.41) is 2.21. The molecule has 0 spiro atoms. The van der Waals surface area contributed by atoms with Crippen LogP contribution in [-0.4, -0.2) is 31.2 Å². The quantitative estimate of drug-likeness (QED) is 0.789. The minimum Gasteiger partial charge on any atom is -0.462 e. The molecule has 0 aliphatic rings. The number of primary amides is 1. The van der Waals surface area contributed by atoms with E-state index in [0.29, 0.717) is 0 Å². The average Bonchev–Trinajstić information content (AvgIpc) is 2.66. The fraction of sp³-hybridized carbons (Fsp3) is 0.417. The molecule has 110 valence electrons. The maximum Gasteiger partial charge on any atom is 0.413 e. The first kappa shape index (κ1) is 15.5. The van der Waals surface area contributed by atoms with E-state index in [4.69, 9.17) is 14.9 Å². The summed E-state index contributed by atoms with van der Waals surface area (Å²) in [7, 11) is 0. The predicted molar refractivity (Wildman–Crippen MR) is 68.6 cm³/mol. The Hall–Kier alpha value is -2.51. The van der Waals surface area contributed by atoms with E-state index in [1.165, 1.54) is 6.92 Å². The van der Waals surface area contributed by atoms with E-state index in [1.54, 1.807) is 13.8 Å². The highest BCUT2D eigenvalue weighted by atomic mass is 16.6. The number of nitrogens with two attached hydrogens (primary N) is 1. The number of aryl methyl sites for hydroxylation is 1. The molecule has 1 heterocycles. The van der Waals surface area contributed by atoms with Gasteiger partial charge < -0.3 is 19.6 Å². The first-order valence-corrected chi connectivity index (χ1v) is 5.96. The molecule has 0 atom stereocenters. The second-order valence-electron chi connectivity index (χ2n) is 3.67. The maximum atomic E-state index is 11.8. The summed E-state index contributed by atoms with van der Waals surface area (Å²) in [5.41, 5.74) is 4.87. The number of carbonyl (C=O) groups is 3. The first-order chi connectivity index (χ1) is 9.42. The molecule has 0 aliphatic carbocycles. The van der Waals surface area contributed by atoms with Crippen LogP contribution in [0.3, 0.4) is 0 Å². The molecule has 1 aromatic heterocycles. The Bertz CT molecular complexity index is 534. The third-order valence-electron chi connectivity index (χ3n) is 2.30. The standard InChI is InChI=1S/C12H16N2O6/c1-4-18-11(16)7-6(3)20-10(8(7)9(13)15)14-12(17)19-5-2/h4-5H2,1-3H3,(H2,13,15)(H,14,17). The Labute approximate surface area is 115 Å². The van der Waals surface area contributed by atoms with Crippen molar-refractivity contribution in [2.75, 3.05) is 18.5 Å². The van der Waals surface area contributed by atoms with Gasteiger partial charge in [0.15, 0.2) is 0 Å². The highest BCUT2D eigenvalue weighted by molar-refractivity contribution is 6.10. The smallest absolute Gasteiger partial charge is 0.413 e. The van der Waals surface area contributed by atoms with Crippen LogP contribution in [0, 0.1) is 6.92 Å². The Kier molecular flexibility index (Phi) is 5.13. The molecule has 8 nitrogen and oxygen atoms in total. The molecular weight excluding hydrogens is 268 g/mol. The summed E-state index contributed by atoms with van der Waals surface area (Å²) in [5.74, 6) is -1.79. The molecule has 0 saturated heterocycles. The van der Waals surface area contributed by atoms with Crippen molar-refractivity contribution in [3.63, 3.8) is 0 Å². The van der Waals surface area contributed by atoms with Crippen LogP contribution in [0.1, 0.15) is 40.3 Å². The SMILES string of the molecule is CCOC(=O)Nc1oc(C)c(C(=O)OCC)c1C(N)=O. The number of anilines is 1. The van der Waals surface area contributed by atoms with Crippen molar-refractivity contribution in [3.8, 4) is 0 Å². The summed E-state index contributed by atoms with van der Waals surface area (Å²) in [6, 6.07) is 0. The van der Waals surface area contributed by atoms with Gasteiger partial charge in [0, 0.05) is 0 Å². The lowest BCUT2D eigenvalue weighted by molar-refractivity contribution is 0.0521. The van der Waals surface area contributed by atoms with Crippen molar-refractivity contribution >= 4 is 23.9 Å². The predicted octanol–water partition coefficient (Wildman–Crippen LogP) is 1.43. The lowest BCUT2D eigenvalue weighted by Gasteiger charge is -2.04. The molecule has 0 aliphatic heterocycles. The van der Waals surface area contributed by atoms with E-state index in [0.717, 1.165) is 0 Å². The van der Waals surface area contributed by atoms with Gasteiger partial charge >= 0.3 is 12.1 Å². The van der Waals surface area contributed by atoms with Crippen molar-refractivity contribution in [2.45, 2.75) is 20.8 Å². The normalized spacial score (nSPS) is 9.95. The van der Waals surface area contributed by atoms with Crippen LogP contribution in [0.2, 0.25) is 0 Å². The van der Waals surface area contributed by atoms with Gasteiger partial charge in [-0.2, -0.15) is 0 Å². The molecular formula is C12H16N2O6. The van der Waals surface area contributed by atoms with Crippen molar-refractivity contribution in [2.24, 2.45) is 5.73 Å². The molecule has 0 saturated carbocycles. The number of rotatable bonds is 5. The molecule has 0 bridgehead atoms. The molecule has 8 heteroatoms. The van der Waals surface area contributed by atoms with Crippen LogP contribution in [0.15, 0.2) is 4.42 Å².